The number of nitrogens with one attached hydrogen (secondary N) is 1. The standard InChI is InChI=1S/C20H24N2O/c1-5-22-17-9-7-6-8-15(17)16-12-14(10-11-18(16)22)21-19(23)13-20(2,3)4/h6-12H,5,13H2,1-4H3,(H,21,23). The summed E-state index contributed by atoms with van der Waals surface area (Å²) < 4.78 is 2.31. The lowest BCUT2D eigenvalue weighted by atomic mass is 9.92. The highest BCUT2D eigenvalue weighted by molar-refractivity contribution is 6.09. The molecule has 1 aromatic heterocycles. The SMILES string of the molecule is CCn1c2ccccc2c2cc(NC(=O)CC(C)(C)C)ccc21. The predicted molar refractivity (Wildman–Crippen MR) is 97.8 cm³/mol. The Bertz CT molecular complexity index is 868. The quantitative estimate of drug-likeness (QED) is 0.710. The minimum Gasteiger partial charge on any atom is -0.341 e. The number of rotatable bonds is 3. The van der Waals surface area contributed by atoms with Crippen molar-refractivity contribution in [3.8, 4) is 0 Å². The number of carbonyl (C=O) groups excluding carboxylic acids is 1. The summed E-state index contributed by atoms with van der Waals surface area (Å²) >= 11 is 0. The van der Waals surface area contributed by atoms with Gasteiger partial charge in [-0.25, -0.2) is 0 Å². The van der Waals surface area contributed by atoms with E-state index in [1.807, 2.05) is 6.07 Å². The highest BCUT2D eigenvalue weighted by atomic mass is 16.1. The van der Waals surface area contributed by atoms with Crippen molar-refractivity contribution in [3.05, 3.63) is 42.5 Å². The highest BCUT2D eigenvalue weighted by Gasteiger charge is 2.16. The third-order valence-corrected chi connectivity index (χ3v) is 4.06. The molecule has 23 heavy (non-hydrogen) atoms. The molecule has 0 aliphatic rings. The molecule has 0 atom stereocenters. The Kier molecular flexibility index (Phi) is 3.88. The van der Waals surface area contributed by atoms with Crippen molar-refractivity contribution < 1.29 is 4.79 Å². The Balaban J connectivity index is 2.02. The van der Waals surface area contributed by atoms with Crippen LogP contribution in [0, 0.1) is 5.41 Å². The van der Waals surface area contributed by atoms with E-state index in [0.717, 1.165) is 12.2 Å². The molecule has 0 bridgehead atoms. The summed E-state index contributed by atoms with van der Waals surface area (Å²) in [6.45, 7) is 9.31. The van der Waals surface area contributed by atoms with Crippen LogP contribution in [0.1, 0.15) is 34.1 Å². The predicted octanol–water partition coefficient (Wildman–Crippen LogP) is 5.19. The zero-order valence-electron chi connectivity index (χ0n) is 14.3. The van der Waals surface area contributed by atoms with Crippen molar-refractivity contribution in [2.24, 2.45) is 5.41 Å². The number of benzene rings is 2. The number of carbonyl (C=O) groups is 1. The number of aromatic nitrogens is 1. The summed E-state index contributed by atoms with van der Waals surface area (Å²) in [6.07, 6.45) is 0.516. The van der Waals surface area contributed by atoms with Crippen LogP contribution in [0.4, 0.5) is 5.69 Å². The van der Waals surface area contributed by atoms with Crippen molar-refractivity contribution in [3.63, 3.8) is 0 Å². The van der Waals surface area contributed by atoms with Crippen LogP contribution in [-0.2, 0) is 11.3 Å². The van der Waals surface area contributed by atoms with Gasteiger partial charge in [0, 0.05) is 40.5 Å². The van der Waals surface area contributed by atoms with E-state index >= 15 is 0 Å². The number of fused-ring (bicyclic) bond motifs is 3. The summed E-state index contributed by atoms with van der Waals surface area (Å²) in [7, 11) is 0. The van der Waals surface area contributed by atoms with Gasteiger partial charge in [0.2, 0.25) is 5.91 Å². The first-order valence-corrected chi connectivity index (χ1v) is 8.20. The lowest BCUT2D eigenvalue weighted by Gasteiger charge is -2.17. The first kappa shape index (κ1) is 15.6. The first-order chi connectivity index (χ1) is 10.9. The Morgan fingerprint density at radius 2 is 1.74 bits per heavy atom. The van der Waals surface area contributed by atoms with Gasteiger partial charge >= 0.3 is 0 Å². The maximum Gasteiger partial charge on any atom is 0.224 e. The molecule has 0 radical (unpaired) electrons. The lowest BCUT2D eigenvalue weighted by Crippen LogP contribution is -2.19. The number of hydrogen-bond donors (Lipinski definition) is 1. The molecule has 3 nitrogen and oxygen atoms in total. The maximum absolute atomic E-state index is 12.2. The number of para-hydroxylation sites is 1. The average Bonchev–Trinajstić information content (AvgIpc) is 2.78. The van der Waals surface area contributed by atoms with Crippen molar-refractivity contribution in [1.29, 1.82) is 0 Å². The number of anilines is 1. The zero-order chi connectivity index (χ0) is 16.6. The lowest BCUT2D eigenvalue weighted by molar-refractivity contribution is -0.117. The van der Waals surface area contributed by atoms with E-state index in [4.69, 9.17) is 0 Å². The minimum atomic E-state index is -0.00752. The molecule has 0 aliphatic carbocycles. The fourth-order valence-corrected chi connectivity index (χ4v) is 3.16. The van der Waals surface area contributed by atoms with E-state index in [9.17, 15) is 4.79 Å². The largest absolute Gasteiger partial charge is 0.341 e. The summed E-state index contributed by atoms with van der Waals surface area (Å²) in [5, 5.41) is 5.46. The normalized spacial score (nSPS) is 12.0. The fraction of sp³-hybridized carbons (Fsp3) is 0.350. The van der Waals surface area contributed by atoms with Gasteiger partial charge in [-0.2, -0.15) is 0 Å². The second-order valence-corrected chi connectivity index (χ2v) is 7.28. The summed E-state index contributed by atoms with van der Waals surface area (Å²) in [5.74, 6) is 0.0658. The molecular weight excluding hydrogens is 284 g/mol. The number of nitrogens with zero attached hydrogens (tertiary/aromatic N) is 1. The molecule has 1 heterocycles. The summed E-state index contributed by atoms with van der Waals surface area (Å²) in [5.41, 5.74) is 3.31. The molecule has 0 unspecified atom stereocenters. The maximum atomic E-state index is 12.2. The van der Waals surface area contributed by atoms with Crippen LogP contribution in [0.15, 0.2) is 42.5 Å². The van der Waals surface area contributed by atoms with Crippen molar-refractivity contribution in [1.82, 2.24) is 4.57 Å². The third-order valence-electron chi connectivity index (χ3n) is 4.06. The third kappa shape index (κ3) is 3.09. The van der Waals surface area contributed by atoms with Gasteiger partial charge in [0.25, 0.3) is 0 Å². The van der Waals surface area contributed by atoms with Crippen molar-refractivity contribution >= 4 is 33.4 Å². The molecule has 2 aromatic carbocycles. The molecular formula is C20H24N2O. The van der Waals surface area contributed by atoms with E-state index in [1.54, 1.807) is 0 Å². The molecule has 0 saturated heterocycles. The van der Waals surface area contributed by atoms with Crippen LogP contribution in [-0.4, -0.2) is 10.5 Å². The first-order valence-electron chi connectivity index (χ1n) is 8.20. The van der Waals surface area contributed by atoms with Crippen LogP contribution in [0.5, 0.6) is 0 Å². The molecule has 3 heteroatoms. The Morgan fingerprint density at radius 3 is 2.43 bits per heavy atom. The molecule has 3 aromatic rings. The molecule has 0 spiro atoms. The van der Waals surface area contributed by atoms with Crippen LogP contribution in [0.25, 0.3) is 21.8 Å². The second kappa shape index (κ2) is 5.73. The monoisotopic (exact) mass is 308 g/mol. The van der Waals surface area contributed by atoms with Gasteiger partial charge in [0.15, 0.2) is 0 Å². The topological polar surface area (TPSA) is 34.0 Å². The van der Waals surface area contributed by atoms with Gasteiger partial charge in [-0.15, -0.1) is 0 Å². The van der Waals surface area contributed by atoms with E-state index in [0.29, 0.717) is 6.42 Å². The second-order valence-electron chi connectivity index (χ2n) is 7.28. The molecule has 0 fully saturated rings. The molecule has 1 N–H and O–H groups in total. The zero-order valence-corrected chi connectivity index (χ0v) is 14.3. The van der Waals surface area contributed by atoms with E-state index in [1.165, 1.54) is 21.8 Å². The van der Waals surface area contributed by atoms with Crippen LogP contribution in [0.3, 0.4) is 0 Å². The van der Waals surface area contributed by atoms with Gasteiger partial charge < -0.3 is 9.88 Å². The molecule has 0 saturated carbocycles. The highest BCUT2D eigenvalue weighted by Crippen LogP contribution is 2.31. The van der Waals surface area contributed by atoms with Crippen molar-refractivity contribution in [2.75, 3.05) is 5.32 Å². The summed E-state index contributed by atoms with van der Waals surface area (Å²) in [4.78, 5) is 12.2. The smallest absolute Gasteiger partial charge is 0.224 e. The number of aryl methyl sites for hydroxylation is 1. The molecule has 120 valence electrons. The van der Waals surface area contributed by atoms with Gasteiger partial charge in [-0.3, -0.25) is 4.79 Å². The van der Waals surface area contributed by atoms with Gasteiger partial charge in [0.05, 0.1) is 0 Å². The molecule has 3 rings (SSSR count). The van der Waals surface area contributed by atoms with Crippen LogP contribution < -0.4 is 5.32 Å². The average molecular weight is 308 g/mol. The van der Waals surface area contributed by atoms with Crippen LogP contribution >= 0.6 is 0 Å². The van der Waals surface area contributed by atoms with Crippen molar-refractivity contribution in [2.45, 2.75) is 40.7 Å². The van der Waals surface area contributed by atoms with Crippen LogP contribution in [0.2, 0.25) is 0 Å². The van der Waals surface area contributed by atoms with E-state index in [2.05, 4.69) is 74.0 Å². The van der Waals surface area contributed by atoms with E-state index in [-0.39, 0.29) is 11.3 Å². The number of amides is 1. The molecule has 0 aliphatic heterocycles. The fourth-order valence-electron chi connectivity index (χ4n) is 3.16. The minimum absolute atomic E-state index is 0.00752. The Hall–Kier alpha value is -2.29. The molecule has 1 amide bonds. The summed E-state index contributed by atoms with van der Waals surface area (Å²) in [6, 6.07) is 14.6. The Morgan fingerprint density at radius 1 is 1.04 bits per heavy atom. The van der Waals surface area contributed by atoms with Gasteiger partial charge in [0.1, 0.15) is 0 Å². The number of hydrogen-bond acceptors (Lipinski definition) is 1. The van der Waals surface area contributed by atoms with Gasteiger partial charge in [-0.05, 0) is 36.6 Å². The van der Waals surface area contributed by atoms with E-state index < -0.39 is 0 Å². The Labute approximate surface area is 137 Å². The van der Waals surface area contributed by atoms with Gasteiger partial charge in [-0.1, -0.05) is 39.0 Å².